The van der Waals surface area contributed by atoms with Gasteiger partial charge in [0.2, 0.25) is 5.89 Å². The lowest BCUT2D eigenvalue weighted by molar-refractivity contribution is -0.144. The highest BCUT2D eigenvalue weighted by atomic mass is 79.9. The predicted octanol–water partition coefficient (Wildman–Crippen LogP) is 4.72. The number of aryl methyl sites for hydroxylation is 1. The smallest absolute Gasteiger partial charge is 0.310 e. The number of benzene rings is 2. The minimum Gasteiger partial charge on any atom is -0.493 e. The summed E-state index contributed by atoms with van der Waals surface area (Å²) in [6, 6.07) is 13.1. The Morgan fingerprint density at radius 1 is 1.11 bits per heavy atom. The maximum absolute atomic E-state index is 12.3. The van der Waals surface area contributed by atoms with Crippen molar-refractivity contribution in [3.63, 3.8) is 0 Å². The Morgan fingerprint density at radius 2 is 1.79 bits per heavy atom. The zero-order chi connectivity index (χ0) is 20.1. The van der Waals surface area contributed by atoms with E-state index in [1.807, 2.05) is 30.3 Å². The van der Waals surface area contributed by atoms with Crippen molar-refractivity contribution in [2.75, 3.05) is 14.2 Å². The molecule has 0 saturated carbocycles. The Balaban J connectivity index is 1.66. The van der Waals surface area contributed by atoms with Gasteiger partial charge in [-0.1, -0.05) is 34.1 Å². The van der Waals surface area contributed by atoms with Crippen LogP contribution in [0.4, 0.5) is 0 Å². The van der Waals surface area contributed by atoms with E-state index in [2.05, 4.69) is 20.9 Å². The minimum atomic E-state index is -0.378. The van der Waals surface area contributed by atoms with E-state index >= 15 is 0 Å². The van der Waals surface area contributed by atoms with Gasteiger partial charge in [-0.2, -0.15) is 0 Å². The fourth-order valence-electron chi connectivity index (χ4n) is 2.65. The molecule has 7 heteroatoms. The van der Waals surface area contributed by atoms with Gasteiger partial charge in [0.1, 0.15) is 18.1 Å². The van der Waals surface area contributed by atoms with E-state index in [9.17, 15) is 4.79 Å². The number of hydrogen-bond acceptors (Lipinski definition) is 6. The molecule has 0 bridgehead atoms. The van der Waals surface area contributed by atoms with Gasteiger partial charge >= 0.3 is 5.97 Å². The molecule has 1 aromatic heterocycles. The lowest BCUT2D eigenvalue weighted by Crippen LogP contribution is -2.09. The number of carbonyl (C=O) groups is 1. The van der Waals surface area contributed by atoms with E-state index in [4.69, 9.17) is 18.6 Å². The number of aromatic nitrogens is 1. The molecule has 0 saturated heterocycles. The van der Waals surface area contributed by atoms with Crippen LogP contribution in [0.3, 0.4) is 0 Å². The second-order valence-corrected chi connectivity index (χ2v) is 6.88. The first kappa shape index (κ1) is 19.9. The number of methoxy groups -OCH3 is 2. The third-order valence-electron chi connectivity index (χ3n) is 4.17. The van der Waals surface area contributed by atoms with E-state index in [0.29, 0.717) is 28.8 Å². The molecule has 146 valence electrons. The number of carbonyl (C=O) groups excluding carboxylic acids is 1. The van der Waals surface area contributed by atoms with Crippen molar-refractivity contribution in [1.82, 2.24) is 4.98 Å². The average molecular weight is 446 g/mol. The van der Waals surface area contributed by atoms with Gasteiger partial charge in [-0.05, 0) is 36.8 Å². The number of esters is 1. The molecule has 0 spiro atoms. The van der Waals surface area contributed by atoms with Gasteiger partial charge in [0.25, 0.3) is 0 Å². The molecule has 1 heterocycles. The van der Waals surface area contributed by atoms with E-state index in [1.165, 1.54) is 0 Å². The molecule has 0 N–H and O–H groups in total. The van der Waals surface area contributed by atoms with Crippen molar-refractivity contribution in [3.05, 3.63) is 64.0 Å². The molecule has 0 fully saturated rings. The summed E-state index contributed by atoms with van der Waals surface area (Å²) in [5.74, 6) is 1.88. The van der Waals surface area contributed by atoms with E-state index < -0.39 is 0 Å². The Bertz CT molecular complexity index is 968. The number of oxazole rings is 1. The van der Waals surface area contributed by atoms with Crippen LogP contribution in [0.2, 0.25) is 0 Å². The summed E-state index contributed by atoms with van der Waals surface area (Å²) in [5.41, 5.74) is 2.21. The van der Waals surface area contributed by atoms with Crippen molar-refractivity contribution < 1.29 is 23.4 Å². The maximum Gasteiger partial charge on any atom is 0.310 e. The molecule has 0 unspecified atom stereocenters. The molecule has 0 aliphatic heterocycles. The molecule has 0 amide bonds. The number of halogens is 1. The van der Waals surface area contributed by atoms with Gasteiger partial charge in [0.15, 0.2) is 11.5 Å². The number of nitrogens with zero attached hydrogens (tertiary/aromatic N) is 1. The topological polar surface area (TPSA) is 70.8 Å². The van der Waals surface area contributed by atoms with E-state index in [1.54, 1.807) is 33.3 Å². The van der Waals surface area contributed by atoms with Gasteiger partial charge in [0, 0.05) is 10.0 Å². The van der Waals surface area contributed by atoms with Gasteiger partial charge < -0.3 is 18.6 Å². The van der Waals surface area contributed by atoms with E-state index in [0.717, 1.165) is 15.6 Å². The SMILES string of the molecule is COc1cc(Br)c(CC(=O)OCc2nc(-c3ccccc3)oc2C)cc1OC. The lowest BCUT2D eigenvalue weighted by Gasteiger charge is -2.11. The normalized spacial score (nSPS) is 10.6. The Labute approximate surface area is 171 Å². The zero-order valence-electron chi connectivity index (χ0n) is 15.8. The molecule has 0 atom stereocenters. The highest BCUT2D eigenvalue weighted by Crippen LogP contribution is 2.33. The van der Waals surface area contributed by atoms with Crippen molar-refractivity contribution in [2.24, 2.45) is 0 Å². The summed E-state index contributed by atoms with van der Waals surface area (Å²) in [6.07, 6.45) is 0.0867. The first-order valence-corrected chi connectivity index (χ1v) is 9.39. The standard InChI is InChI=1S/C21H20BrNO5/c1-13-17(23-21(28-13)14-7-5-4-6-8-14)12-27-20(24)10-15-9-18(25-2)19(26-3)11-16(15)22/h4-9,11H,10,12H2,1-3H3. The Hall–Kier alpha value is -2.80. The number of rotatable bonds is 7. The zero-order valence-corrected chi connectivity index (χ0v) is 17.4. The molecule has 3 rings (SSSR count). The quantitative estimate of drug-likeness (QED) is 0.490. The van der Waals surface area contributed by atoms with Gasteiger partial charge in [-0.15, -0.1) is 0 Å². The first-order valence-electron chi connectivity index (χ1n) is 8.59. The van der Waals surface area contributed by atoms with Crippen LogP contribution in [-0.4, -0.2) is 25.2 Å². The fraction of sp³-hybridized carbons (Fsp3) is 0.238. The maximum atomic E-state index is 12.3. The monoisotopic (exact) mass is 445 g/mol. The third-order valence-corrected chi connectivity index (χ3v) is 4.91. The summed E-state index contributed by atoms with van der Waals surface area (Å²) in [7, 11) is 3.10. The fourth-order valence-corrected chi connectivity index (χ4v) is 3.12. The average Bonchev–Trinajstić information content (AvgIpc) is 3.09. The largest absolute Gasteiger partial charge is 0.493 e. The number of hydrogen-bond donors (Lipinski definition) is 0. The van der Waals surface area contributed by atoms with Crippen LogP contribution >= 0.6 is 15.9 Å². The molecule has 0 aliphatic rings. The van der Waals surface area contributed by atoms with Gasteiger partial charge in [-0.3, -0.25) is 4.79 Å². The predicted molar refractivity (Wildman–Crippen MR) is 107 cm³/mol. The Morgan fingerprint density at radius 3 is 2.46 bits per heavy atom. The molecule has 0 aliphatic carbocycles. The molecule has 28 heavy (non-hydrogen) atoms. The van der Waals surface area contributed by atoms with Gasteiger partial charge in [0.05, 0.1) is 20.6 Å². The second-order valence-electron chi connectivity index (χ2n) is 6.02. The van der Waals surface area contributed by atoms with E-state index in [-0.39, 0.29) is 19.0 Å². The van der Waals surface area contributed by atoms with Crippen LogP contribution in [0.25, 0.3) is 11.5 Å². The van der Waals surface area contributed by atoms with Crippen LogP contribution in [-0.2, 0) is 22.6 Å². The van der Waals surface area contributed by atoms with Crippen LogP contribution in [0, 0.1) is 6.92 Å². The molecular formula is C21H20BrNO5. The Kier molecular flexibility index (Phi) is 6.36. The van der Waals surface area contributed by atoms with Crippen molar-refractivity contribution in [3.8, 4) is 23.0 Å². The van der Waals surface area contributed by atoms with Gasteiger partial charge in [-0.25, -0.2) is 4.98 Å². The van der Waals surface area contributed by atoms with Crippen LogP contribution in [0.15, 0.2) is 51.4 Å². The number of ether oxygens (including phenoxy) is 3. The van der Waals surface area contributed by atoms with Crippen LogP contribution < -0.4 is 9.47 Å². The van der Waals surface area contributed by atoms with Crippen molar-refractivity contribution >= 4 is 21.9 Å². The van der Waals surface area contributed by atoms with Crippen LogP contribution in [0.1, 0.15) is 17.0 Å². The van der Waals surface area contributed by atoms with Crippen LogP contribution in [0.5, 0.6) is 11.5 Å². The van der Waals surface area contributed by atoms with Crippen molar-refractivity contribution in [2.45, 2.75) is 20.0 Å². The summed E-state index contributed by atoms with van der Waals surface area (Å²) in [5, 5.41) is 0. The molecule has 0 radical (unpaired) electrons. The highest BCUT2D eigenvalue weighted by molar-refractivity contribution is 9.10. The summed E-state index contributed by atoms with van der Waals surface area (Å²) < 4.78 is 22.3. The van der Waals surface area contributed by atoms with Crippen molar-refractivity contribution in [1.29, 1.82) is 0 Å². The molecule has 2 aromatic carbocycles. The third kappa shape index (κ3) is 4.54. The second kappa shape index (κ2) is 8.93. The minimum absolute atomic E-state index is 0.0475. The summed E-state index contributed by atoms with van der Waals surface area (Å²) in [6.45, 7) is 1.85. The first-order chi connectivity index (χ1) is 13.5. The summed E-state index contributed by atoms with van der Waals surface area (Å²) in [4.78, 5) is 16.7. The molecular weight excluding hydrogens is 426 g/mol. The highest BCUT2D eigenvalue weighted by Gasteiger charge is 2.16. The molecule has 6 nitrogen and oxygen atoms in total. The lowest BCUT2D eigenvalue weighted by atomic mass is 10.1. The summed E-state index contributed by atoms with van der Waals surface area (Å²) >= 11 is 3.45. The molecule has 3 aromatic rings.